The van der Waals surface area contributed by atoms with Gasteiger partial charge >= 0.3 is 0 Å². The Morgan fingerprint density at radius 1 is 1.38 bits per heavy atom. The van der Waals surface area contributed by atoms with Crippen LogP contribution in [0.4, 0.5) is 0 Å². The van der Waals surface area contributed by atoms with E-state index in [0.717, 1.165) is 28.7 Å². The maximum atomic E-state index is 5.81. The predicted molar refractivity (Wildman–Crippen MR) is 72.5 cm³/mol. The van der Waals surface area contributed by atoms with Gasteiger partial charge in [0.1, 0.15) is 5.75 Å². The molecular formula is C12H18ClNOS. The van der Waals surface area contributed by atoms with Gasteiger partial charge in [-0.1, -0.05) is 18.5 Å². The minimum absolute atomic E-state index is 0.306. The van der Waals surface area contributed by atoms with Crippen molar-refractivity contribution in [1.82, 2.24) is 0 Å². The zero-order valence-electron chi connectivity index (χ0n) is 9.49. The second-order valence-electron chi connectivity index (χ2n) is 3.55. The van der Waals surface area contributed by atoms with Gasteiger partial charge in [-0.05, 0) is 30.7 Å². The van der Waals surface area contributed by atoms with Gasteiger partial charge in [-0.2, -0.15) is 11.8 Å². The van der Waals surface area contributed by atoms with Crippen molar-refractivity contribution in [3.63, 3.8) is 0 Å². The lowest BCUT2D eigenvalue weighted by Crippen LogP contribution is -2.21. The van der Waals surface area contributed by atoms with Crippen LogP contribution in [0.2, 0.25) is 5.02 Å². The van der Waals surface area contributed by atoms with Crippen molar-refractivity contribution >= 4 is 23.4 Å². The van der Waals surface area contributed by atoms with Crippen LogP contribution in [0.5, 0.6) is 5.75 Å². The summed E-state index contributed by atoms with van der Waals surface area (Å²) in [6.07, 6.45) is 1.03. The van der Waals surface area contributed by atoms with Gasteiger partial charge in [-0.3, -0.25) is 0 Å². The molecule has 0 radical (unpaired) electrons. The third kappa shape index (κ3) is 5.64. The van der Waals surface area contributed by atoms with E-state index in [0.29, 0.717) is 12.6 Å². The number of hydrogen-bond donors (Lipinski definition) is 1. The van der Waals surface area contributed by atoms with Crippen LogP contribution in [0, 0.1) is 0 Å². The number of rotatable bonds is 7. The van der Waals surface area contributed by atoms with Crippen LogP contribution in [0.25, 0.3) is 0 Å². The second kappa shape index (κ2) is 7.82. The largest absolute Gasteiger partial charge is 0.493 e. The second-order valence-corrected chi connectivity index (χ2v) is 5.13. The molecule has 2 N–H and O–H groups in total. The van der Waals surface area contributed by atoms with E-state index in [1.54, 1.807) is 0 Å². The monoisotopic (exact) mass is 259 g/mol. The zero-order chi connectivity index (χ0) is 11.8. The van der Waals surface area contributed by atoms with Crippen LogP contribution < -0.4 is 10.5 Å². The van der Waals surface area contributed by atoms with Gasteiger partial charge in [0.05, 0.1) is 6.61 Å². The highest BCUT2D eigenvalue weighted by Crippen LogP contribution is 2.15. The first-order chi connectivity index (χ1) is 7.72. The molecule has 1 rings (SSSR count). The Kier molecular flexibility index (Phi) is 6.69. The molecule has 0 fully saturated rings. The number of hydrogen-bond acceptors (Lipinski definition) is 3. The molecule has 0 heterocycles. The summed E-state index contributed by atoms with van der Waals surface area (Å²) < 4.78 is 5.56. The third-order valence-corrected chi connectivity index (χ3v) is 3.54. The summed E-state index contributed by atoms with van der Waals surface area (Å²) in [5.41, 5.74) is 5.81. The topological polar surface area (TPSA) is 35.2 Å². The Morgan fingerprint density at radius 3 is 2.69 bits per heavy atom. The molecule has 1 atom stereocenters. The lowest BCUT2D eigenvalue weighted by Gasteiger charge is -2.09. The van der Waals surface area contributed by atoms with Crippen molar-refractivity contribution in [2.45, 2.75) is 19.4 Å². The number of thioether (sulfide) groups is 1. The maximum absolute atomic E-state index is 5.81. The lowest BCUT2D eigenvalue weighted by molar-refractivity contribution is 0.344. The fourth-order valence-electron chi connectivity index (χ4n) is 1.10. The minimum atomic E-state index is 0.306. The van der Waals surface area contributed by atoms with Crippen molar-refractivity contribution in [2.24, 2.45) is 5.73 Å². The summed E-state index contributed by atoms with van der Waals surface area (Å²) in [5.74, 6) is 2.83. The number of nitrogens with two attached hydrogens (primary N) is 1. The van der Waals surface area contributed by atoms with E-state index in [1.807, 2.05) is 36.0 Å². The van der Waals surface area contributed by atoms with E-state index in [1.165, 1.54) is 0 Å². The zero-order valence-corrected chi connectivity index (χ0v) is 11.1. The Hall–Kier alpha value is -0.380. The van der Waals surface area contributed by atoms with Gasteiger partial charge in [0.2, 0.25) is 0 Å². The molecule has 0 bridgehead atoms. The molecule has 0 aromatic heterocycles. The van der Waals surface area contributed by atoms with Gasteiger partial charge in [0.15, 0.2) is 0 Å². The van der Waals surface area contributed by atoms with Crippen LogP contribution in [0.15, 0.2) is 24.3 Å². The molecule has 0 aliphatic heterocycles. The van der Waals surface area contributed by atoms with Crippen molar-refractivity contribution < 1.29 is 4.74 Å². The summed E-state index contributed by atoms with van der Waals surface area (Å²) in [7, 11) is 0. The molecule has 0 spiro atoms. The summed E-state index contributed by atoms with van der Waals surface area (Å²) >= 11 is 7.60. The molecule has 4 heteroatoms. The third-order valence-electron chi connectivity index (χ3n) is 2.17. The van der Waals surface area contributed by atoms with Gasteiger partial charge in [-0.25, -0.2) is 0 Å². The minimum Gasteiger partial charge on any atom is -0.493 e. The molecule has 0 aliphatic rings. The van der Waals surface area contributed by atoms with E-state index in [9.17, 15) is 0 Å². The van der Waals surface area contributed by atoms with E-state index >= 15 is 0 Å². The summed E-state index contributed by atoms with van der Waals surface area (Å²) in [6, 6.07) is 7.73. The average molecular weight is 260 g/mol. The Labute approximate surface area is 107 Å². The van der Waals surface area contributed by atoms with E-state index in [4.69, 9.17) is 22.1 Å². The molecule has 90 valence electrons. The van der Waals surface area contributed by atoms with Crippen LogP contribution in [0.1, 0.15) is 13.3 Å². The normalized spacial score (nSPS) is 12.4. The number of benzene rings is 1. The van der Waals surface area contributed by atoms with Crippen molar-refractivity contribution in [3.05, 3.63) is 29.3 Å². The van der Waals surface area contributed by atoms with Crippen LogP contribution in [-0.4, -0.2) is 24.2 Å². The first kappa shape index (κ1) is 13.7. The van der Waals surface area contributed by atoms with Crippen LogP contribution >= 0.6 is 23.4 Å². The van der Waals surface area contributed by atoms with Gasteiger partial charge in [0.25, 0.3) is 0 Å². The quantitative estimate of drug-likeness (QED) is 0.764. The van der Waals surface area contributed by atoms with Gasteiger partial charge in [0, 0.05) is 22.6 Å². The molecule has 0 saturated carbocycles. The average Bonchev–Trinajstić information content (AvgIpc) is 2.31. The molecule has 1 aromatic rings. The van der Waals surface area contributed by atoms with E-state index in [-0.39, 0.29) is 0 Å². The van der Waals surface area contributed by atoms with E-state index in [2.05, 4.69) is 6.92 Å². The molecule has 0 saturated heterocycles. The van der Waals surface area contributed by atoms with Crippen molar-refractivity contribution in [3.8, 4) is 5.75 Å². The number of ether oxygens (including phenoxy) is 1. The highest BCUT2D eigenvalue weighted by atomic mass is 35.5. The van der Waals surface area contributed by atoms with Crippen LogP contribution in [-0.2, 0) is 0 Å². The highest BCUT2D eigenvalue weighted by Gasteiger charge is 1.99. The molecule has 2 nitrogen and oxygen atoms in total. The molecule has 1 aromatic carbocycles. The summed E-state index contributed by atoms with van der Waals surface area (Å²) in [4.78, 5) is 0. The Balaban J connectivity index is 2.09. The van der Waals surface area contributed by atoms with Gasteiger partial charge < -0.3 is 10.5 Å². The molecule has 0 aliphatic carbocycles. The Bertz CT molecular complexity index is 292. The SMILES string of the molecule is CCC(N)CSCCOc1ccc(Cl)cc1. The highest BCUT2D eigenvalue weighted by molar-refractivity contribution is 7.99. The van der Waals surface area contributed by atoms with Crippen LogP contribution in [0.3, 0.4) is 0 Å². The van der Waals surface area contributed by atoms with Crippen molar-refractivity contribution in [2.75, 3.05) is 18.1 Å². The standard InChI is InChI=1S/C12H18ClNOS/c1-2-11(14)9-16-8-7-15-12-5-3-10(13)4-6-12/h3-6,11H,2,7-9,14H2,1H3. The molecule has 16 heavy (non-hydrogen) atoms. The predicted octanol–water partition coefficient (Wildman–Crippen LogP) is 3.19. The summed E-state index contributed by atoms with van der Waals surface area (Å²) in [6.45, 7) is 2.82. The first-order valence-corrected chi connectivity index (χ1v) is 6.97. The lowest BCUT2D eigenvalue weighted by atomic mass is 10.3. The number of halogens is 1. The Morgan fingerprint density at radius 2 is 2.06 bits per heavy atom. The smallest absolute Gasteiger partial charge is 0.119 e. The molecular weight excluding hydrogens is 242 g/mol. The molecule has 1 unspecified atom stereocenters. The van der Waals surface area contributed by atoms with Crippen molar-refractivity contribution in [1.29, 1.82) is 0 Å². The summed E-state index contributed by atoms with van der Waals surface area (Å²) in [5, 5.41) is 0.732. The van der Waals surface area contributed by atoms with E-state index < -0.39 is 0 Å². The first-order valence-electron chi connectivity index (χ1n) is 5.44. The molecule has 0 amide bonds. The fourth-order valence-corrected chi connectivity index (χ4v) is 2.13. The van der Waals surface area contributed by atoms with Gasteiger partial charge in [-0.15, -0.1) is 0 Å². The maximum Gasteiger partial charge on any atom is 0.119 e. The fraction of sp³-hybridized carbons (Fsp3) is 0.500.